The zero-order valence-corrected chi connectivity index (χ0v) is 17.3. The molecule has 2 aliphatic rings. The van der Waals surface area contributed by atoms with Gasteiger partial charge in [-0.3, -0.25) is 14.4 Å². The maximum Gasteiger partial charge on any atom is 0.274 e. The lowest BCUT2D eigenvalue weighted by Crippen LogP contribution is -2.49. The number of aromatic hydroxyl groups is 1. The van der Waals surface area contributed by atoms with Crippen molar-refractivity contribution < 1.29 is 27.9 Å². The largest absolute Gasteiger partial charge is 0.503 e. The number of hydrogen-bond donors (Lipinski definition) is 2. The summed E-state index contributed by atoms with van der Waals surface area (Å²) >= 11 is 0. The Labute approximate surface area is 181 Å². The predicted molar refractivity (Wildman–Crippen MR) is 108 cm³/mol. The molecule has 2 amide bonds. The van der Waals surface area contributed by atoms with Crippen LogP contribution in [0, 0.1) is 17.6 Å². The topological polar surface area (TPSA) is 91.6 Å². The number of nitrogens with one attached hydrogen (secondary N) is 1. The van der Waals surface area contributed by atoms with Crippen LogP contribution in [0.3, 0.4) is 0 Å². The maximum absolute atomic E-state index is 13.8. The Morgan fingerprint density at radius 3 is 2.69 bits per heavy atom. The summed E-state index contributed by atoms with van der Waals surface area (Å²) in [4.78, 5) is 39.7. The molecule has 2 bridgehead atoms. The molecule has 1 fully saturated rings. The molecule has 2 aromatic rings. The van der Waals surface area contributed by atoms with E-state index >= 15 is 0 Å². The molecule has 7 nitrogen and oxygen atoms in total. The summed E-state index contributed by atoms with van der Waals surface area (Å²) < 4.78 is 41.8. The van der Waals surface area contributed by atoms with Crippen LogP contribution in [0.25, 0.3) is 0 Å². The summed E-state index contributed by atoms with van der Waals surface area (Å²) in [5.41, 5.74) is -1.71. The van der Waals surface area contributed by atoms with Gasteiger partial charge >= 0.3 is 0 Å². The van der Waals surface area contributed by atoms with Crippen molar-refractivity contribution in [3.05, 3.63) is 63.1 Å². The van der Waals surface area contributed by atoms with Gasteiger partial charge in [0.05, 0.1) is 12.1 Å². The van der Waals surface area contributed by atoms with Crippen molar-refractivity contribution in [2.45, 2.75) is 38.4 Å². The SMILES string of the molecule is CC1CCC(CF)N2CC1n1cc(C(=O)NCc3ccc(F)cc3F)c(=O)c(O)c1C2=O. The molecule has 1 aromatic heterocycles. The third-order valence-electron chi connectivity index (χ3n) is 6.34. The lowest BCUT2D eigenvalue weighted by Gasteiger charge is -2.38. The Bertz CT molecular complexity index is 1150. The van der Waals surface area contributed by atoms with Crippen LogP contribution < -0.4 is 10.7 Å². The van der Waals surface area contributed by atoms with Gasteiger partial charge in [0, 0.05) is 30.9 Å². The van der Waals surface area contributed by atoms with E-state index in [2.05, 4.69) is 5.32 Å². The lowest BCUT2D eigenvalue weighted by atomic mass is 9.95. The van der Waals surface area contributed by atoms with E-state index < -0.39 is 52.9 Å². The summed E-state index contributed by atoms with van der Waals surface area (Å²) in [6, 6.07) is 1.90. The Morgan fingerprint density at radius 2 is 2.00 bits per heavy atom. The Hall–Kier alpha value is -3.30. The molecule has 0 radical (unpaired) electrons. The van der Waals surface area contributed by atoms with Gasteiger partial charge in [-0.05, 0) is 24.8 Å². The van der Waals surface area contributed by atoms with Crippen molar-refractivity contribution in [2.24, 2.45) is 5.92 Å². The zero-order valence-electron chi connectivity index (χ0n) is 17.3. The van der Waals surface area contributed by atoms with E-state index in [-0.39, 0.29) is 36.3 Å². The van der Waals surface area contributed by atoms with Crippen LogP contribution in [0.5, 0.6) is 5.75 Å². The zero-order chi connectivity index (χ0) is 23.2. The van der Waals surface area contributed by atoms with Gasteiger partial charge in [0.15, 0.2) is 11.4 Å². The van der Waals surface area contributed by atoms with Crippen molar-refractivity contribution in [1.29, 1.82) is 0 Å². The fraction of sp³-hybridized carbons (Fsp3) is 0.409. The number of carbonyl (C=O) groups excluding carboxylic acids is 2. The standard InChI is InChI=1S/C22H22F3N3O4/c1-11-2-5-14(7-23)27-10-17(11)28-9-15(19(29)20(30)18(28)22(27)32)21(31)26-8-12-3-4-13(24)6-16(12)25/h3-4,6,9,11,14,17,30H,2,5,7-8,10H2,1H3,(H,26,31). The highest BCUT2D eigenvalue weighted by Gasteiger charge is 2.42. The van der Waals surface area contributed by atoms with Gasteiger partial charge in [0.25, 0.3) is 11.8 Å². The van der Waals surface area contributed by atoms with Crippen molar-refractivity contribution in [2.75, 3.05) is 13.2 Å². The number of amides is 2. The van der Waals surface area contributed by atoms with Crippen LogP contribution in [-0.4, -0.2) is 45.6 Å². The van der Waals surface area contributed by atoms with Crippen LogP contribution in [0.1, 0.15) is 52.2 Å². The maximum atomic E-state index is 13.8. The molecule has 0 spiro atoms. The molecule has 3 atom stereocenters. The number of rotatable bonds is 4. The molecular formula is C22H22F3N3O4. The number of halogens is 3. The highest BCUT2D eigenvalue weighted by Crippen LogP contribution is 2.37. The molecule has 1 saturated heterocycles. The average molecular weight is 449 g/mol. The molecule has 1 aromatic carbocycles. The van der Waals surface area contributed by atoms with E-state index in [9.17, 15) is 32.7 Å². The molecule has 2 aliphatic heterocycles. The number of benzene rings is 1. The molecule has 10 heteroatoms. The van der Waals surface area contributed by atoms with Crippen molar-refractivity contribution in [3.63, 3.8) is 0 Å². The van der Waals surface area contributed by atoms with E-state index in [4.69, 9.17) is 0 Å². The van der Waals surface area contributed by atoms with Crippen LogP contribution in [-0.2, 0) is 6.54 Å². The minimum Gasteiger partial charge on any atom is -0.503 e. The number of alkyl halides is 1. The molecule has 2 N–H and O–H groups in total. The Balaban J connectivity index is 1.69. The minimum absolute atomic E-state index is 0.00738. The molecule has 0 saturated carbocycles. The number of pyridine rings is 1. The first-order valence-electron chi connectivity index (χ1n) is 10.3. The number of hydrogen-bond acceptors (Lipinski definition) is 4. The fourth-order valence-electron chi connectivity index (χ4n) is 4.43. The van der Waals surface area contributed by atoms with E-state index in [0.717, 1.165) is 6.07 Å². The van der Waals surface area contributed by atoms with Crippen molar-refractivity contribution >= 4 is 11.8 Å². The van der Waals surface area contributed by atoms with Gasteiger partial charge < -0.3 is 19.9 Å². The predicted octanol–water partition coefficient (Wildman–Crippen LogP) is 2.53. The highest BCUT2D eigenvalue weighted by atomic mass is 19.1. The van der Waals surface area contributed by atoms with Crippen LogP contribution in [0.2, 0.25) is 0 Å². The molecule has 0 aliphatic carbocycles. The van der Waals surface area contributed by atoms with Gasteiger partial charge in [-0.15, -0.1) is 0 Å². The minimum atomic E-state index is -1.05. The molecule has 3 unspecified atom stereocenters. The monoisotopic (exact) mass is 449 g/mol. The second-order valence-electron chi connectivity index (χ2n) is 8.28. The van der Waals surface area contributed by atoms with Crippen LogP contribution >= 0.6 is 0 Å². The number of carbonyl (C=O) groups is 2. The van der Waals surface area contributed by atoms with Crippen molar-refractivity contribution in [1.82, 2.24) is 14.8 Å². The molecule has 170 valence electrons. The van der Waals surface area contributed by atoms with E-state index in [1.165, 1.54) is 21.7 Å². The second kappa shape index (κ2) is 8.33. The summed E-state index contributed by atoms with van der Waals surface area (Å²) in [7, 11) is 0. The fourth-order valence-corrected chi connectivity index (χ4v) is 4.43. The molecule has 32 heavy (non-hydrogen) atoms. The first-order valence-corrected chi connectivity index (χ1v) is 10.3. The molecular weight excluding hydrogens is 427 g/mol. The van der Waals surface area contributed by atoms with Gasteiger partial charge in [-0.1, -0.05) is 13.0 Å². The third kappa shape index (κ3) is 3.63. The van der Waals surface area contributed by atoms with E-state index in [0.29, 0.717) is 18.9 Å². The number of fused-ring (bicyclic) bond motifs is 4. The van der Waals surface area contributed by atoms with E-state index in [1.807, 2.05) is 6.92 Å². The smallest absolute Gasteiger partial charge is 0.274 e. The molecule has 3 heterocycles. The third-order valence-corrected chi connectivity index (χ3v) is 6.34. The average Bonchev–Trinajstić information content (AvgIpc) is 2.90. The van der Waals surface area contributed by atoms with Crippen LogP contribution in [0.15, 0.2) is 29.2 Å². The Kier molecular flexibility index (Phi) is 5.70. The Morgan fingerprint density at radius 1 is 1.25 bits per heavy atom. The van der Waals surface area contributed by atoms with Gasteiger partial charge in [0.1, 0.15) is 23.9 Å². The second-order valence-corrected chi connectivity index (χ2v) is 8.28. The van der Waals surface area contributed by atoms with Gasteiger partial charge in [-0.2, -0.15) is 0 Å². The lowest BCUT2D eigenvalue weighted by molar-refractivity contribution is 0.0544. The summed E-state index contributed by atoms with van der Waals surface area (Å²) in [5, 5.41) is 12.9. The summed E-state index contributed by atoms with van der Waals surface area (Å²) in [5.74, 6) is -4.03. The quantitative estimate of drug-likeness (QED) is 0.751. The first kappa shape index (κ1) is 21.9. The number of aromatic nitrogens is 1. The first-order chi connectivity index (χ1) is 15.2. The van der Waals surface area contributed by atoms with Gasteiger partial charge in [0.2, 0.25) is 5.43 Å². The molecule has 4 rings (SSSR count). The van der Waals surface area contributed by atoms with Gasteiger partial charge in [-0.25, -0.2) is 13.2 Å². The summed E-state index contributed by atoms with van der Waals surface area (Å²) in [6.07, 6.45) is 2.30. The van der Waals surface area contributed by atoms with E-state index in [1.54, 1.807) is 0 Å². The highest BCUT2D eigenvalue weighted by molar-refractivity contribution is 5.99. The van der Waals surface area contributed by atoms with Crippen molar-refractivity contribution in [3.8, 4) is 5.75 Å². The number of nitrogens with zero attached hydrogens (tertiary/aromatic N) is 2. The summed E-state index contributed by atoms with van der Waals surface area (Å²) in [6.45, 7) is 1.09. The van der Waals surface area contributed by atoms with Crippen LogP contribution in [0.4, 0.5) is 13.2 Å². The normalized spacial score (nSPS) is 22.3.